The highest BCUT2D eigenvalue weighted by atomic mass is 19.4. The summed E-state index contributed by atoms with van der Waals surface area (Å²) < 4.78 is 43.1. The van der Waals surface area contributed by atoms with Gasteiger partial charge >= 0.3 is 6.18 Å². The minimum absolute atomic E-state index is 0.0109. The summed E-state index contributed by atoms with van der Waals surface area (Å²) in [7, 11) is 1.54. The Kier molecular flexibility index (Phi) is 3.46. The van der Waals surface area contributed by atoms with Crippen molar-refractivity contribution < 1.29 is 18.0 Å². The molecule has 0 spiro atoms. The van der Waals surface area contributed by atoms with Crippen molar-refractivity contribution in [1.29, 1.82) is 0 Å². The third-order valence-corrected chi connectivity index (χ3v) is 4.52. The number of rotatable bonds is 1. The Hall–Kier alpha value is -2.31. The SMILES string of the molecule is Cn1nccc1C(=O)N1CCc2ccccc2[C@@]1(C)C(F)(F)F. The maximum atomic E-state index is 13.9. The summed E-state index contributed by atoms with van der Waals surface area (Å²) in [5.41, 5.74) is -1.46. The first-order valence-electron chi connectivity index (χ1n) is 7.22. The first-order valence-corrected chi connectivity index (χ1v) is 7.22. The number of benzene rings is 1. The lowest BCUT2D eigenvalue weighted by atomic mass is 9.81. The van der Waals surface area contributed by atoms with Gasteiger partial charge in [-0.05, 0) is 30.5 Å². The van der Waals surface area contributed by atoms with E-state index in [0.717, 1.165) is 11.8 Å². The molecule has 122 valence electrons. The number of halogens is 3. The maximum absolute atomic E-state index is 13.9. The minimum Gasteiger partial charge on any atom is -0.319 e. The van der Waals surface area contributed by atoms with Gasteiger partial charge in [0, 0.05) is 19.8 Å². The van der Waals surface area contributed by atoms with Crippen molar-refractivity contribution in [2.24, 2.45) is 7.05 Å². The Morgan fingerprint density at radius 2 is 1.96 bits per heavy atom. The summed E-state index contributed by atoms with van der Waals surface area (Å²) in [6.07, 6.45) is -2.79. The molecule has 23 heavy (non-hydrogen) atoms. The quantitative estimate of drug-likeness (QED) is 0.809. The van der Waals surface area contributed by atoms with Crippen LogP contribution in [0.3, 0.4) is 0 Å². The van der Waals surface area contributed by atoms with Crippen LogP contribution in [0.15, 0.2) is 36.5 Å². The van der Waals surface area contributed by atoms with Crippen LogP contribution in [0.25, 0.3) is 0 Å². The number of alkyl halides is 3. The predicted octanol–water partition coefficient (Wildman–Crippen LogP) is 2.90. The van der Waals surface area contributed by atoms with Crippen molar-refractivity contribution in [1.82, 2.24) is 14.7 Å². The second-order valence-corrected chi connectivity index (χ2v) is 5.77. The standard InChI is InChI=1S/C16H16F3N3O/c1-15(16(17,18)19)12-6-4-3-5-11(12)8-10-22(15)14(23)13-7-9-20-21(13)2/h3-7,9H,8,10H2,1-2H3/t15-/m0/s1. The maximum Gasteiger partial charge on any atom is 0.415 e. The summed E-state index contributed by atoms with van der Waals surface area (Å²) in [5, 5.41) is 3.87. The molecule has 0 radical (unpaired) electrons. The number of carbonyl (C=O) groups excluding carboxylic acids is 1. The highest BCUT2D eigenvalue weighted by molar-refractivity contribution is 5.93. The van der Waals surface area contributed by atoms with Crippen LogP contribution < -0.4 is 0 Å². The normalized spacial score (nSPS) is 21.2. The molecule has 0 unspecified atom stereocenters. The van der Waals surface area contributed by atoms with Crippen LogP contribution in [0.5, 0.6) is 0 Å². The second kappa shape index (κ2) is 5.11. The van der Waals surface area contributed by atoms with Crippen molar-refractivity contribution in [3.8, 4) is 0 Å². The number of aromatic nitrogens is 2. The monoisotopic (exact) mass is 323 g/mol. The lowest BCUT2D eigenvalue weighted by Crippen LogP contribution is -2.59. The van der Waals surface area contributed by atoms with Gasteiger partial charge in [0.2, 0.25) is 0 Å². The Labute approximate surface area is 131 Å². The van der Waals surface area contributed by atoms with Gasteiger partial charge in [0.05, 0.1) is 0 Å². The average molecular weight is 323 g/mol. The number of carbonyl (C=O) groups is 1. The zero-order valence-electron chi connectivity index (χ0n) is 12.8. The first-order chi connectivity index (χ1) is 10.8. The molecule has 1 aromatic heterocycles. The average Bonchev–Trinajstić information content (AvgIpc) is 2.92. The van der Waals surface area contributed by atoms with Gasteiger partial charge in [-0.1, -0.05) is 24.3 Å². The van der Waals surface area contributed by atoms with Gasteiger partial charge in [-0.25, -0.2) is 0 Å². The fourth-order valence-corrected chi connectivity index (χ4v) is 3.15. The molecule has 1 aliphatic rings. The summed E-state index contributed by atoms with van der Waals surface area (Å²) in [6, 6.07) is 7.85. The predicted molar refractivity (Wildman–Crippen MR) is 77.8 cm³/mol. The van der Waals surface area contributed by atoms with Crippen molar-refractivity contribution in [2.75, 3.05) is 6.54 Å². The van der Waals surface area contributed by atoms with Crippen molar-refractivity contribution in [2.45, 2.75) is 25.1 Å². The zero-order valence-corrected chi connectivity index (χ0v) is 12.8. The molecule has 0 saturated carbocycles. The molecular weight excluding hydrogens is 307 g/mol. The van der Waals surface area contributed by atoms with Gasteiger partial charge < -0.3 is 4.90 Å². The van der Waals surface area contributed by atoms with Gasteiger partial charge in [-0.3, -0.25) is 9.48 Å². The summed E-state index contributed by atoms with van der Waals surface area (Å²) >= 11 is 0. The van der Waals surface area contributed by atoms with Crippen LogP contribution in [-0.4, -0.2) is 33.3 Å². The molecule has 1 atom stereocenters. The van der Waals surface area contributed by atoms with Crippen LogP contribution >= 0.6 is 0 Å². The number of fused-ring (bicyclic) bond motifs is 1. The second-order valence-electron chi connectivity index (χ2n) is 5.77. The fraction of sp³-hybridized carbons (Fsp3) is 0.375. The van der Waals surface area contributed by atoms with E-state index in [1.54, 1.807) is 18.2 Å². The van der Waals surface area contributed by atoms with Gasteiger partial charge in [0.1, 0.15) is 5.69 Å². The largest absolute Gasteiger partial charge is 0.415 e. The van der Waals surface area contributed by atoms with Gasteiger partial charge in [-0.15, -0.1) is 0 Å². The molecule has 0 aliphatic carbocycles. The van der Waals surface area contributed by atoms with Gasteiger partial charge in [0.15, 0.2) is 5.54 Å². The molecule has 0 N–H and O–H groups in total. The molecule has 0 saturated heterocycles. The van der Waals surface area contributed by atoms with Gasteiger partial charge in [0.25, 0.3) is 5.91 Å². The molecule has 1 aliphatic heterocycles. The Balaban J connectivity index is 2.15. The molecule has 0 bridgehead atoms. The van der Waals surface area contributed by atoms with E-state index < -0.39 is 17.6 Å². The smallest absolute Gasteiger partial charge is 0.319 e. The Bertz CT molecular complexity index is 753. The molecule has 2 aromatic rings. The summed E-state index contributed by atoms with van der Waals surface area (Å²) in [4.78, 5) is 13.6. The molecule has 4 nitrogen and oxygen atoms in total. The lowest BCUT2D eigenvalue weighted by molar-refractivity contribution is -0.225. The third-order valence-electron chi connectivity index (χ3n) is 4.52. The van der Waals surface area contributed by atoms with E-state index in [2.05, 4.69) is 5.10 Å². The van der Waals surface area contributed by atoms with E-state index in [9.17, 15) is 18.0 Å². The number of hydrogen-bond donors (Lipinski definition) is 0. The summed E-state index contributed by atoms with van der Waals surface area (Å²) in [5.74, 6) is -0.667. The fourth-order valence-electron chi connectivity index (χ4n) is 3.15. The lowest BCUT2D eigenvalue weighted by Gasteiger charge is -2.46. The van der Waals surface area contributed by atoms with Crippen molar-refractivity contribution in [3.63, 3.8) is 0 Å². The van der Waals surface area contributed by atoms with E-state index in [1.807, 2.05) is 0 Å². The Morgan fingerprint density at radius 3 is 2.57 bits per heavy atom. The van der Waals surface area contributed by atoms with Crippen molar-refractivity contribution in [3.05, 3.63) is 53.3 Å². The van der Waals surface area contributed by atoms with E-state index in [4.69, 9.17) is 0 Å². The summed E-state index contributed by atoms with van der Waals surface area (Å²) in [6.45, 7) is 1.08. The highest BCUT2D eigenvalue weighted by Gasteiger charge is 2.59. The number of amides is 1. The van der Waals surface area contributed by atoms with Gasteiger partial charge in [-0.2, -0.15) is 18.3 Å². The van der Waals surface area contributed by atoms with Crippen molar-refractivity contribution >= 4 is 5.91 Å². The third kappa shape index (κ3) is 2.22. The van der Waals surface area contributed by atoms with Crippen LogP contribution in [-0.2, 0) is 19.0 Å². The van der Waals surface area contributed by atoms with E-state index in [-0.39, 0.29) is 17.8 Å². The zero-order chi connectivity index (χ0) is 16.8. The molecule has 0 fully saturated rings. The number of aryl methyl sites for hydroxylation is 1. The molecular formula is C16H16F3N3O. The van der Waals surface area contributed by atoms with Crippen LogP contribution in [0.4, 0.5) is 13.2 Å². The minimum atomic E-state index is -4.59. The number of nitrogens with zero attached hydrogens (tertiary/aromatic N) is 3. The Morgan fingerprint density at radius 1 is 1.26 bits per heavy atom. The molecule has 7 heteroatoms. The van der Waals surface area contributed by atoms with Crippen LogP contribution in [0.1, 0.15) is 28.5 Å². The molecule has 2 heterocycles. The molecule has 1 amide bonds. The number of hydrogen-bond acceptors (Lipinski definition) is 2. The van der Waals surface area contributed by atoms with E-state index >= 15 is 0 Å². The molecule has 3 rings (SSSR count). The highest BCUT2D eigenvalue weighted by Crippen LogP contribution is 2.47. The van der Waals surface area contributed by atoms with Crippen LogP contribution in [0, 0.1) is 0 Å². The first kappa shape index (κ1) is 15.6. The molecule has 1 aromatic carbocycles. The van der Waals surface area contributed by atoms with E-state index in [1.165, 1.54) is 30.1 Å². The van der Waals surface area contributed by atoms with Crippen LogP contribution in [0.2, 0.25) is 0 Å². The topological polar surface area (TPSA) is 38.1 Å². The van der Waals surface area contributed by atoms with E-state index in [0.29, 0.717) is 12.0 Å².